The van der Waals surface area contributed by atoms with Gasteiger partial charge in [-0.1, -0.05) is 34.5 Å². The van der Waals surface area contributed by atoms with Gasteiger partial charge in [-0.25, -0.2) is 0 Å². The summed E-state index contributed by atoms with van der Waals surface area (Å²) in [5, 5.41) is 11.9. The monoisotopic (exact) mass is 351 g/mol. The molecule has 0 radical (unpaired) electrons. The molecular weight excluding hydrogens is 334 g/mol. The van der Waals surface area contributed by atoms with E-state index in [4.69, 9.17) is 5.11 Å². The summed E-state index contributed by atoms with van der Waals surface area (Å²) in [5.74, 6) is -1.54. The van der Waals surface area contributed by atoms with Crippen molar-refractivity contribution in [3.63, 3.8) is 0 Å². The summed E-state index contributed by atoms with van der Waals surface area (Å²) in [4.78, 5) is 23.0. The van der Waals surface area contributed by atoms with E-state index in [0.717, 1.165) is 28.4 Å². The molecule has 1 aliphatic carbocycles. The van der Waals surface area contributed by atoms with Crippen molar-refractivity contribution >= 4 is 33.9 Å². The number of rotatable bonds is 4. The SMILES string of the molecule is Cc1ccc(C=CC(=O)NC2CCCC2C(=O)O)c(Br)c1. The van der Waals surface area contributed by atoms with Crippen molar-refractivity contribution in [2.24, 2.45) is 5.92 Å². The number of carbonyl (C=O) groups excluding carboxylic acids is 1. The van der Waals surface area contributed by atoms with Gasteiger partial charge in [-0.2, -0.15) is 0 Å². The van der Waals surface area contributed by atoms with E-state index in [1.165, 1.54) is 6.08 Å². The molecule has 2 unspecified atom stereocenters. The number of amides is 1. The summed E-state index contributed by atoms with van der Waals surface area (Å²) in [6, 6.07) is 5.62. The van der Waals surface area contributed by atoms with Gasteiger partial charge in [0, 0.05) is 16.6 Å². The summed E-state index contributed by atoms with van der Waals surface area (Å²) in [6.45, 7) is 2.00. The topological polar surface area (TPSA) is 66.4 Å². The Labute approximate surface area is 132 Å². The Kier molecular flexibility index (Phi) is 5.17. The zero-order valence-corrected chi connectivity index (χ0v) is 13.4. The van der Waals surface area contributed by atoms with Crippen LogP contribution in [0.1, 0.15) is 30.4 Å². The second-order valence-electron chi connectivity index (χ2n) is 5.35. The Balaban J connectivity index is 1.98. The number of nitrogens with one attached hydrogen (secondary N) is 1. The maximum absolute atomic E-state index is 11.9. The largest absolute Gasteiger partial charge is 0.481 e. The first-order valence-electron chi connectivity index (χ1n) is 6.95. The number of carboxylic acid groups (broad SMARTS) is 1. The van der Waals surface area contributed by atoms with Crippen LogP contribution in [0.2, 0.25) is 0 Å². The molecule has 0 bridgehead atoms. The minimum Gasteiger partial charge on any atom is -0.481 e. The van der Waals surface area contributed by atoms with Gasteiger partial charge >= 0.3 is 5.97 Å². The quantitative estimate of drug-likeness (QED) is 0.819. The minimum atomic E-state index is -0.831. The van der Waals surface area contributed by atoms with Crippen molar-refractivity contribution in [2.75, 3.05) is 0 Å². The fraction of sp³-hybridized carbons (Fsp3) is 0.375. The Bertz CT molecular complexity index is 583. The first kappa shape index (κ1) is 15.8. The van der Waals surface area contributed by atoms with Gasteiger partial charge in [-0.3, -0.25) is 9.59 Å². The van der Waals surface area contributed by atoms with E-state index >= 15 is 0 Å². The third-order valence-electron chi connectivity index (χ3n) is 3.73. The molecule has 0 heterocycles. The van der Waals surface area contributed by atoms with Crippen molar-refractivity contribution in [1.82, 2.24) is 5.32 Å². The Hall–Kier alpha value is -1.62. The molecule has 1 aromatic rings. The highest BCUT2D eigenvalue weighted by molar-refractivity contribution is 9.10. The predicted octanol–water partition coefficient (Wildman–Crippen LogP) is 3.14. The van der Waals surface area contributed by atoms with Gasteiger partial charge < -0.3 is 10.4 Å². The molecule has 1 aromatic carbocycles. The fourth-order valence-corrected chi connectivity index (χ4v) is 3.22. The van der Waals surface area contributed by atoms with E-state index in [9.17, 15) is 9.59 Å². The third-order valence-corrected chi connectivity index (χ3v) is 4.42. The van der Waals surface area contributed by atoms with Crippen LogP contribution in [0.25, 0.3) is 6.08 Å². The zero-order chi connectivity index (χ0) is 15.4. The van der Waals surface area contributed by atoms with Crippen LogP contribution >= 0.6 is 15.9 Å². The number of hydrogen-bond acceptors (Lipinski definition) is 2. The molecule has 1 saturated carbocycles. The molecule has 1 fully saturated rings. The molecule has 0 spiro atoms. The lowest BCUT2D eigenvalue weighted by molar-refractivity contribution is -0.142. The average molecular weight is 352 g/mol. The van der Waals surface area contributed by atoms with Crippen LogP contribution in [0.3, 0.4) is 0 Å². The van der Waals surface area contributed by atoms with E-state index in [2.05, 4.69) is 21.2 Å². The molecule has 2 atom stereocenters. The maximum Gasteiger partial charge on any atom is 0.308 e. The molecule has 1 aliphatic rings. The normalized spacial score (nSPS) is 21.6. The highest BCUT2D eigenvalue weighted by atomic mass is 79.9. The standard InChI is InChI=1S/C16H18BrNO3/c1-10-5-6-11(13(17)9-10)7-8-15(19)18-14-4-2-3-12(14)16(20)21/h5-9,12,14H,2-4H2,1H3,(H,18,19)(H,20,21). The molecule has 2 N–H and O–H groups in total. The van der Waals surface area contributed by atoms with Crippen molar-refractivity contribution in [3.05, 3.63) is 39.9 Å². The van der Waals surface area contributed by atoms with Crippen LogP contribution in [0.5, 0.6) is 0 Å². The maximum atomic E-state index is 11.9. The highest BCUT2D eigenvalue weighted by Crippen LogP contribution is 2.26. The molecule has 0 saturated heterocycles. The van der Waals surface area contributed by atoms with E-state index in [0.29, 0.717) is 6.42 Å². The lowest BCUT2D eigenvalue weighted by atomic mass is 10.0. The van der Waals surface area contributed by atoms with E-state index in [1.54, 1.807) is 6.08 Å². The van der Waals surface area contributed by atoms with E-state index in [-0.39, 0.29) is 11.9 Å². The first-order chi connectivity index (χ1) is 9.97. The number of halogens is 1. The van der Waals surface area contributed by atoms with Crippen LogP contribution in [0.4, 0.5) is 0 Å². The molecule has 21 heavy (non-hydrogen) atoms. The van der Waals surface area contributed by atoms with E-state index < -0.39 is 11.9 Å². The second-order valence-corrected chi connectivity index (χ2v) is 6.20. The second kappa shape index (κ2) is 6.89. The lowest BCUT2D eigenvalue weighted by Gasteiger charge is -2.16. The van der Waals surface area contributed by atoms with Crippen molar-refractivity contribution in [3.8, 4) is 0 Å². The number of hydrogen-bond donors (Lipinski definition) is 2. The molecule has 2 rings (SSSR count). The van der Waals surface area contributed by atoms with Gasteiger partial charge in [0.05, 0.1) is 5.92 Å². The van der Waals surface area contributed by atoms with Crippen molar-refractivity contribution < 1.29 is 14.7 Å². The molecular formula is C16H18BrNO3. The average Bonchev–Trinajstić information content (AvgIpc) is 2.86. The molecule has 112 valence electrons. The Morgan fingerprint density at radius 3 is 2.81 bits per heavy atom. The van der Waals surface area contributed by atoms with Gasteiger partial charge in [0.15, 0.2) is 0 Å². The van der Waals surface area contributed by atoms with Crippen LogP contribution in [0.15, 0.2) is 28.7 Å². The molecule has 1 amide bonds. The van der Waals surface area contributed by atoms with Gasteiger partial charge in [0.25, 0.3) is 0 Å². The summed E-state index contributed by atoms with van der Waals surface area (Å²) in [7, 11) is 0. The zero-order valence-electron chi connectivity index (χ0n) is 11.8. The van der Waals surface area contributed by atoms with Crippen molar-refractivity contribution in [2.45, 2.75) is 32.2 Å². The molecule has 4 nitrogen and oxygen atoms in total. The molecule has 0 aromatic heterocycles. The summed E-state index contributed by atoms with van der Waals surface area (Å²) in [6.07, 6.45) is 5.38. The van der Waals surface area contributed by atoms with Crippen LogP contribution in [-0.4, -0.2) is 23.0 Å². The first-order valence-corrected chi connectivity index (χ1v) is 7.74. The minimum absolute atomic E-state index is 0.249. The fourth-order valence-electron chi connectivity index (χ4n) is 2.59. The number of aryl methyl sites for hydroxylation is 1. The smallest absolute Gasteiger partial charge is 0.308 e. The molecule has 0 aliphatic heterocycles. The van der Waals surface area contributed by atoms with Crippen LogP contribution in [-0.2, 0) is 9.59 Å². The number of benzene rings is 1. The third kappa shape index (κ3) is 4.17. The summed E-state index contributed by atoms with van der Waals surface area (Å²) in [5.41, 5.74) is 2.05. The Morgan fingerprint density at radius 2 is 2.14 bits per heavy atom. The summed E-state index contributed by atoms with van der Waals surface area (Å²) >= 11 is 3.45. The van der Waals surface area contributed by atoms with Crippen LogP contribution < -0.4 is 5.32 Å². The van der Waals surface area contributed by atoms with Gasteiger partial charge in [0.1, 0.15) is 0 Å². The number of carbonyl (C=O) groups is 2. The highest BCUT2D eigenvalue weighted by Gasteiger charge is 2.33. The lowest BCUT2D eigenvalue weighted by Crippen LogP contribution is -2.39. The van der Waals surface area contributed by atoms with Crippen LogP contribution in [0, 0.1) is 12.8 Å². The number of aliphatic carboxylic acids is 1. The summed E-state index contributed by atoms with van der Waals surface area (Å²) < 4.78 is 0.927. The Morgan fingerprint density at radius 1 is 1.38 bits per heavy atom. The van der Waals surface area contributed by atoms with Crippen molar-refractivity contribution in [1.29, 1.82) is 0 Å². The van der Waals surface area contributed by atoms with Gasteiger partial charge in [-0.15, -0.1) is 0 Å². The van der Waals surface area contributed by atoms with Gasteiger partial charge in [-0.05, 0) is 43.0 Å². The van der Waals surface area contributed by atoms with E-state index in [1.807, 2.05) is 25.1 Å². The number of carboxylic acids is 1. The predicted molar refractivity (Wildman–Crippen MR) is 84.8 cm³/mol. The van der Waals surface area contributed by atoms with Gasteiger partial charge in [0.2, 0.25) is 5.91 Å². The molecule has 5 heteroatoms.